The molecule has 3 N–H and O–H groups in total. The van der Waals surface area contributed by atoms with E-state index in [0.29, 0.717) is 22.9 Å². The Kier molecular flexibility index (Phi) is 4.30. The fourth-order valence-corrected chi connectivity index (χ4v) is 1.96. The van der Waals surface area contributed by atoms with Crippen LogP contribution in [-0.2, 0) is 0 Å². The van der Waals surface area contributed by atoms with Crippen LogP contribution >= 0.6 is 11.6 Å². The molecular weight excluding hydrogens is 262 g/mol. The molecule has 0 bridgehead atoms. The predicted octanol–water partition coefficient (Wildman–Crippen LogP) is 3.40. The van der Waals surface area contributed by atoms with Crippen molar-refractivity contribution >= 4 is 17.3 Å². The number of hydrogen-bond donors (Lipinski definition) is 2. The minimum absolute atomic E-state index is 0.462. The topological polar surface area (TPSA) is 55.5 Å². The molecule has 0 aliphatic carbocycles. The fraction of sp³-hybridized carbons (Fsp3) is 0.200. The van der Waals surface area contributed by atoms with Crippen LogP contribution in [0.25, 0.3) is 0 Å². The number of hydrogen-bond acceptors (Lipinski definition) is 3. The molecule has 0 aromatic heterocycles. The maximum Gasteiger partial charge on any atom is 0.119 e. The Hall–Kier alpha value is -1.71. The number of aliphatic hydroxyl groups is 1. The van der Waals surface area contributed by atoms with Crippen LogP contribution in [0.2, 0.25) is 5.02 Å². The number of halogens is 1. The second-order valence-corrected chi connectivity index (χ2v) is 4.59. The SMILES string of the molecule is CCOc1ccc([C@@H](O)c2ccc(Cl)c(N)c2)cc1. The average molecular weight is 278 g/mol. The summed E-state index contributed by atoms with van der Waals surface area (Å²) in [6.45, 7) is 2.55. The van der Waals surface area contributed by atoms with Gasteiger partial charge in [0.25, 0.3) is 0 Å². The van der Waals surface area contributed by atoms with Crippen molar-refractivity contribution in [3.8, 4) is 5.75 Å². The van der Waals surface area contributed by atoms with Gasteiger partial charge < -0.3 is 15.6 Å². The molecule has 4 heteroatoms. The van der Waals surface area contributed by atoms with Gasteiger partial charge in [-0.15, -0.1) is 0 Å². The first-order chi connectivity index (χ1) is 9.11. The van der Waals surface area contributed by atoms with E-state index in [-0.39, 0.29) is 0 Å². The number of ether oxygens (including phenoxy) is 1. The molecule has 0 saturated heterocycles. The van der Waals surface area contributed by atoms with Crippen LogP contribution in [0.1, 0.15) is 24.2 Å². The van der Waals surface area contributed by atoms with Crippen molar-refractivity contribution in [2.75, 3.05) is 12.3 Å². The molecule has 0 aliphatic heterocycles. The van der Waals surface area contributed by atoms with Gasteiger partial charge in [0.05, 0.1) is 17.3 Å². The maximum absolute atomic E-state index is 10.3. The molecule has 0 amide bonds. The lowest BCUT2D eigenvalue weighted by molar-refractivity contribution is 0.220. The first-order valence-corrected chi connectivity index (χ1v) is 6.45. The van der Waals surface area contributed by atoms with Gasteiger partial charge in [0.1, 0.15) is 11.9 Å². The summed E-state index contributed by atoms with van der Waals surface area (Å²) >= 11 is 5.86. The van der Waals surface area contributed by atoms with Crippen molar-refractivity contribution in [3.05, 3.63) is 58.6 Å². The fourth-order valence-electron chi connectivity index (χ4n) is 1.84. The van der Waals surface area contributed by atoms with Gasteiger partial charge in [0.2, 0.25) is 0 Å². The largest absolute Gasteiger partial charge is 0.494 e. The molecule has 2 aromatic carbocycles. The highest BCUT2D eigenvalue weighted by Gasteiger charge is 2.11. The molecule has 1 atom stereocenters. The normalized spacial score (nSPS) is 12.2. The van der Waals surface area contributed by atoms with Gasteiger partial charge in [-0.1, -0.05) is 29.8 Å². The van der Waals surface area contributed by atoms with Gasteiger partial charge in [-0.3, -0.25) is 0 Å². The Morgan fingerprint density at radius 3 is 2.37 bits per heavy atom. The molecule has 3 nitrogen and oxygen atoms in total. The van der Waals surface area contributed by atoms with E-state index < -0.39 is 6.10 Å². The first kappa shape index (κ1) is 13.7. The molecule has 2 aromatic rings. The summed E-state index contributed by atoms with van der Waals surface area (Å²) in [6, 6.07) is 12.5. The molecule has 0 saturated carbocycles. The van der Waals surface area contributed by atoms with Crippen LogP contribution in [0.3, 0.4) is 0 Å². The number of aliphatic hydroxyl groups excluding tert-OH is 1. The summed E-state index contributed by atoms with van der Waals surface area (Å²) in [4.78, 5) is 0. The van der Waals surface area contributed by atoms with E-state index in [1.165, 1.54) is 0 Å². The zero-order valence-corrected chi connectivity index (χ0v) is 11.4. The third-order valence-corrected chi connectivity index (χ3v) is 3.19. The van der Waals surface area contributed by atoms with Crippen LogP contribution in [0, 0.1) is 0 Å². The summed E-state index contributed by atoms with van der Waals surface area (Å²) < 4.78 is 5.36. The van der Waals surface area contributed by atoms with Gasteiger partial charge in [0, 0.05) is 0 Å². The van der Waals surface area contributed by atoms with E-state index in [1.54, 1.807) is 18.2 Å². The Morgan fingerprint density at radius 1 is 1.16 bits per heavy atom. The minimum atomic E-state index is -0.727. The summed E-state index contributed by atoms with van der Waals surface area (Å²) in [6.07, 6.45) is -0.727. The molecule has 0 fully saturated rings. The van der Waals surface area contributed by atoms with E-state index in [1.807, 2.05) is 31.2 Å². The molecule has 0 radical (unpaired) electrons. The average Bonchev–Trinajstić information content (AvgIpc) is 2.42. The Balaban J connectivity index is 2.22. The van der Waals surface area contributed by atoms with Crippen LogP contribution in [0.5, 0.6) is 5.75 Å². The van der Waals surface area contributed by atoms with Crippen LogP contribution in [0.4, 0.5) is 5.69 Å². The van der Waals surface area contributed by atoms with Gasteiger partial charge >= 0.3 is 0 Å². The van der Waals surface area contributed by atoms with Crippen molar-refractivity contribution < 1.29 is 9.84 Å². The number of nitrogen functional groups attached to an aromatic ring is 1. The highest BCUT2D eigenvalue weighted by Crippen LogP contribution is 2.28. The van der Waals surface area contributed by atoms with E-state index in [9.17, 15) is 5.11 Å². The van der Waals surface area contributed by atoms with Gasteiger partial charge in [-0.05, 0) is 42.3 Å². The third kappa shape index (κ3) is 3.19. The van der Waals surface area contributed by atoms with Crippen LogP contribution in [0.15, 0.2) is 42.5 Å². The van der Waals surface area contributed by atoms with Gasteiger partial charge in [0.15, 0.2) is 0 Å². The standard InChI is InChI=1S/C15H16ClNO2/c1-2-19-12-6-3-10(4-7-12)15(18)11-5-8-13(16)14(17)9-11/h3-9,15,18H,2,17H2,1H3/t15-/m1/s1. The lowest BCUT2D eigenvalue weighted by Crippen LogP contribution is -2.01. The van der Waals surface area contributed by atoms with Gasteiger partial charge in [-0.2, -0.15) is 0 Å². The second kappa shape index (κ2) is 5.95. The van der Waals surface area contributed by atoms with Crippen molar-refractivity contribution in [2.45, 2.75) is 13.0 Å². The molecule has 0 unspecified atom stereocenters. The molecule has 2 rings (SSSR count). The Labute approximate surface area is 117 Å². The van der Waals surface area contributed by atoms with Crippen molar-refractivity contribution in [1.29, 1.82) is 0 Å². The summed E-state index contributed by atoms with van der Waals surface area (Å²) in [7, 11) is 0. The first-order valence-electron chi connectivity index (χ1n) is 6.07. The van der Waals surface area contributed by atoms with Crippen LogP contribution < -0.4 is 10.5 Å². The molecule has 0 heterocycles. The van der Waals surface area contributed by atoms with E-state index in [4.69, 9.17) is 22.1 Å². The zero-order chi connectivity index (χ0) is 13.8. The highest BCUT2D eigenvalue weighted by atomic mass is 35.5. The monoisotopic (exact) mass is 277 g/mol. The minimum Gasteiger partial charge on any atom is -0.494 e. The van der Waals surface area contributed by atoms with E-state index >= 15 is 0 Å². The predicted molar refractivity (Wildman–Crippen MR) is 77.5 cm³/mol. The van der Waals surface area contributed by atoms with Crippen molar-refractivity contribution in [2.24, 2.45) is 0 Å². The second-order valence-electron chi connectivity index (χ2n) is 4.19. The lowest BCUT2D eigenvalue weighted by Gasteiger charge is -2.13. The Morgan fingerprint density at radius 2 is 1.79 bits per heavy atom. The van der Waals surface area contributed by atoms with E-state index in [2.05, 4.69) is 0 Å². The Bertz CT molecular complexity index is 555. The smallest absolute Gasteiger partial charge is 0.119 e. The van der Waals surface area contributed by atoms with E-state index in [0.717, 1.165) is 11.3 Å². The highest BCUT2D eigenvalue weighted by molar-refractivity contribution is 6.33. The van der Waals surface area contributed by atoms with Crippen molar-refractivity contribution in [3.63, 3.8) is 0 Å². The quantitative estimate of drug-likeness (QED) is 0.842. The lowest BCUT2D eigenvalue weighted by atomic mass is 10.0. The molecule has 0 spiro atoms. The number of benzene rings is 2. The summed E-state index contributed by atoms with van der Waals surface area (Å²) in [5.74, 6) is 0.786. The van der Waals surface area contributed by atoms with Crippen molar-refractivity contribution in [1.82, 2.24) is 0 Å². The molecule has 19 heavy (non-hydrogen) atoms. The molecule has 100 valence electrons. The number of rotatable bonds is 4. The van der Waals surface area contributed by atoms with Gasteiger partial charge in [-0.25, -0.2) is 0 Å². The number of nitrogens with two attached hydrogens (primary N) is 1. The zero-order valence-electron chi connectivity index (χ0n) is 10.6. The van der Waals surface area contributed by atoms with Crippen LogP contribution in [-0.4, -0.2) is 11.7 Å². The molecular formula is C15H16ClNO2. The number of anilines is 1. The summed E-state index contributed by atoms with van der Waals surface area (Å²) in [5, 5.41) is 10.8. The molecule has 0 aliphatic rings. The summed E-state index contributed by atoms with van der Waals surface area (Å²) in [5.41, 5.74) is 7.70. The third-order valence-electron chi connectivity index (χ3n) is 2.84. The maximum atomic E-state index is 10.3.